The summed E-state index contributed by atoms with van der Waals surface area (Å²) in [5.41, 5.74) is 0. The fraction of sp³-hybridized carbons (Fsp3) is 1.00. The molecule has 1 aliphatic heterocycles. The molecular formula is C8H15NS. The molecule has 1 nitrogen and oxygen atoms in total. The van der Waals surface area contributed by atoms with Crippen LogP contribution in [0, 0.1) is 5.92 Å². The van der Waals surface area contributed by atoms with Gasteiger partial charge in [-0.15, -0.1) is 0 Å². The summed E-state index contributed by atoms with van der Waals surface area (Å²) in [7, 11) is 0. The van der Waals surface area contributed by atoms with E-state index in [0.717, 1.165) is 12.0 Å². The van der Waals surface area contributed by atoms with Gasteiger partial charge in [0.25, 0.3) is 0 Å². The van der Waals surface area contributed by atoms with Crippen LogP contribution >= 0.6 is 12.6 Å². The first-order valence-corrected chi connectivity index (χ1v) is 4.81. The molecule has 2 rings (SSSR count). The summed E-state index contributed by atoms with van der Waals surface area (Å²) < 4.78 is 0. The summed E-state index contributed by atoms with van der Waals surface area (Å²) in [5.74, 6) is 0.955. The van der Waals surface area contributed by atoms with Gasteiger partial charge in [0.2, 0.25) is 0 Å². The van der Waals surface area contributed by atoms with Crippen LogP contribution < -0.4 is 5.32 Å². The number of thiol groups is 1. The van der Waals surface area contributed by atoms with Crippen LogP contribution in [0.25, 0.3) is 0 Å². The molecule has 0 radical (unpaired) electrons. The summed E-state index contributed by atoms with van der Waals surface area (Å²) in [5, 5.41) is 4.17. The van der Waals surface area contributed by atoms with Crippen molar-refractivity contribution < 1.29 is 0 Å². The van der Waals surface area contributed by atoms with Crippen LogP contribution in [-0.4, -0.2) is 17.8 Å². The van der Waals surface area contributed by atoms with Crippen molar-refractivity contribution in [2.24, 2.45) is 5.92 Å². The van der Waals surface area contributed by atoms with Gasteiger partial charge in [-0.2, -0.15) is 12.6 Å². The molecule has 0 amide bonds. The molecule has 1 heterocycles. The molecule has 0 spiro atoms. The number of fused-ring (bicyclic) bond motifs is 1. The van der Waals surface area contributed by atoms with E-state index in [1.54, 1.807) is 0 Å². The van der Waals surface area contributed by atoms with Crippen LogP contribution in [0.4, 0.5) is 0 Å². The molecule has 1 N–H and O–H groups in total. The van der Waals surface area contributed by atoms with Crippen molar-refractivity contribution >= 4 is 12.6 Å². The second kappa shape index (κ2) is 2.74. The van der Waals surface area contributed by atoms with Crippen LogP contribution in [-0.2, 0) is 0 Å². The van der Waals surface area contributed by atoms with Gasteiger partial charge in [-0.1, -0.05) is 6.42 Å². The Balaban J connectivity index is 2.03. The Kier molecular flexibility index (Phi) is 1.92. The molecule has 58 valence electrons. The fourth-order valence-electron chi connectivity index (χ4n) is 2.32. The molecule has 3 unspecified atom stereocenters. The first-order valence-electron chi connectivity index (χ1n) is 4.29. The van der Waals surface area contributed by atoms with Crippen molar-refractivity contribution in [2.75, 3.05) is 6.54 Å². The predicted molar refractivity (Wildman–Crippen MR) is 46.5 cm³/mol. The number of rotatable bonds is 0. The zero-order valence-corrected chi connectivity index (χ0v) is 7.11. The molecule has 1 aliphatic carbocycles. The Hall–Kier alpha value is 0.310. The maximum Gasteiger partial charge on any atom is 0.0212 e. The maximum absolute atomic E-state index is 4.57. The molecule has 10 heavy (non-hydrogen) atoms. The number of hydrogen-bond donors (Lipinski definition) is 2. The van der Waals surface area contributed by atoms with Crippen molar-refractivity contribution in [1.29, 1.82) is 0 Å². The van der Waals surface area contributed by atoms with E-state index in [4.69, 9.17) is 0 Å². The second-order valence-electron chi connectivity index (χ2n) is 3.53. The van der Waals surface area contributed by atoms with Crippen LogP contribution in [0.2, 0.25) is 0 Å². The third-order valence-corrected chi connectivity index (χ3v) is 3.47. The van der Waals surface area contributed by atoms with Crippen molar-refractivity contribution in [1.82, 2.24) is 5.32 Å². The predicted octanol–water partition coefficient (Wildman–Crippen LogP) is 1.45. The van der Waals surface area contributed by atoms with E-state index in [2.05, 4.69) is 17.9 Å². The lowest BCUT2D eigenvalue weighted by Gasteiger charge is -2.30. The molecule has 1 saturated heterocycles. The van der Waals surface area contributed by atoms with Crippen molar-refractivity contribution in [3.05, 3.63) is 0 Å². The van der Waals surface area contributed by atoms with E-state index in [1.165, 1.54) is 32.2 Å². The minimum atomic E-state index is 0.640. The summed E-state index contributed by atoms with van der Waals surface area (Å²) in [6.45, 7) is 1.23. The summed E-state index contributed by atoms with van der Waals surface area (Å²) in [4.78, 5) is 0. The van der Waals surface area contributed by atoms with E-state index in [-0.39, 0.29) is 0 Å². The van der Waals surface area contributed by atoms with E-state index >= 15 is 0 Å². The summed E-state index contributed by atoms with van der Waals surface area (Å²) >= 11 is 4.57. The lowest BCUT2D eigenvalue weighted by atomic mass is 9.85. The molecular weight excluding hydrogens is 142 g/mol. The van der Waals surface area contributed by atoms with Gasteiger partial charge in [0.15, 0.2) is 0 Å². The number of nitrogens with one attached hydrogen (secondary N) is 1. The van der Waals surface area contributed by atoms with Gasteiger partial charge >= 0.3 is 0 Å². The van der Waals surface area contributed by atoms with Gasteiger partial charge in [0.1, 0.15) is 0 Å². The highest BCUT2D eigenvalue weighted by Crippen LogP contribution is 2.33. The minimum Gasteiger partial charge on any atom is -0.313 e. The van der Waals surface area contributed by atoms with Gasteiger partial charge in [-0.3, -0.25) is 0 Å². The van der Waals surface area contributed by atoms with Gasteiger partial charge < -0.3 is 5.32 Å². The second-order valence-corrected chi connectivity index (χ2v) is 4.19. The van der Waals surface area contributed by atoms with Crippen molar-refractivity contribution in [3.63, 3.8) is 0 Å². The standard InChI is InChI=1S/C8H15NS/c10-7-3-1-2-6-4-5-9-8(6)7/h6-10H,1-5H2. The van der Waals surface area contributed by atoms with Gasteiger partial charge in [0.05, 0.1) is 0 Å². The molecule has 0 aromatic carbocycles. The van der Waals surface area contributed by atoms with Crippen LogP contribution in [0.1, 0.15) is 25.7 Å². The molecule has 2 aliphatic rings. The van der Waals surface area contributed by atoms with E-state index in [9.17, 15) is 0 Å². The average Bonchev–Trinajstić information content (AvgIpc) is 2.36. The number of hydrogen-bond acceptors (Lipinski definition) is 2. The van der Waals surface area contributed by atoms with Gasteiger partial charge in [0, 0.05) is 11.3 Å². The minimum absolute atomic E-state index is 0.640. The fourth-order valence-corrected chi connectivity index (χ4v) is 2.86. The van der Waals surface area contributed by atoms with E-state index in [1.807, 2.05) is 0 Å². The topological polar surface area (TPSA) is 12.0 Å². The Labute approximate surface area is 68.0 Å². The van der Waals surface area contributed by atoms with Gasteiger partial charge in [-0.05, 0) is 31.7 Å². The molecule has 1 saturated carbocycles. The Morgan fingerprint density at radius 1 is 1.20 bits per heavy atom. The monoisotopic (exact) mass is 157 g/mol. The molecule has 2 heteroatoms. The third kappa shape index (κ3) is 1.08. The quantitative estimate of drug-likeness (QED) is 0.507. The smallest absolute Gasteiger partial charge is 0.0212 e. The summed E-state index contributed by atoms with van der Waals surface area (Å²) in [6.07, 6.45) is 5.55. The SMILES string of the molecule is SC1CCCC2CCNC12. The highest BCUT2D eigenvalue weighted by molar-refractivity contribution is 7.81. The lowest BCUT2D eigenvalue weighted by Crippen LogP contribution is -2.38. The molecule has 2 fully saturated rings. The molecule has 0 aromatic rings. The lowest BCUT2D eigenvalue weighted by molar-refractivity contribution is 0.336. The van der Waals surface area contributed by atoms with E-state index in [0.29, 0.717) is 5.25 Å². The van der Waals surface area contributed by atoms with Gasteiger partial charge in [-0.25, -0.2) is 0 Å². The normalized spacial score (nSPS) is 47.1. The van der Waals surface area contributed by atoms with E-state index < -0.39 is 0 Å². The Bertz CT molecular complexity index is 126. The molecule has 0 aromatic heterocycles. The summed E-state index contributed by atoms with van der Waals surface area (Å²) in [6, 6.07) is 0.747. The highest BCUT2D eigenvalue weighted by Gasteiger charge is 2.34. The first kappa shape index (κ1) is 6.99. The Morgan fingerprint density at radius 3 is 2.90 bits per heavy atom. The zero-order chi connectivity index (χ0) is 6.97. The largest absolute Gasteiger partial charge is 0.313 e. The molecule has 0 bridgehead atoms. The Morgan fingerprint density at radius 2 is 2.10 bits per heavy atom. The maximum atomic E-state index is 4.57. The molecule has 3 atom stereocenters. The average molecular weight is 157 g/mol. The zero-order valence-electron chi connectivity index (χ0n) is 6.21. The van der Waals surface area contributed by atoms with Crippen LogP contribution in [0.15, 0.2) is 0 Å². The van der Waals surface area contributed by atoms with Crippen LogP contribution in [0.5, 0.6) is 0 Å². The van der Waals surface area contributed by atoms with Crippen molar-refractivity contribution in [2.45, 2.75) is 37.0 Å². The van der Waals surface area contributed by atoms with Crippen LogP contribution in [0.3, 0.4) is 0 Å². The first-order chi connectivity index (χ1) is 4.88. The van der Waals surface area contributed by atoms with Crippen molar-refractivity contribution in [3.8, 4) is 0 Å². The highest BCUT2D eigenvalue weighted by atomic mass is 32.1. The third-order valence-electron chi connectivity index (χ3n) is 2.89.